The largest absolute Gasteiger partial charge is 0.490 e. The van der Waals surface area contributed by atoms with Gasteiger partial charge in [0.2, 0.25) is 5.91 Å². The molecule has 2 aromatic carbocycles. The summed E-state index contributed by atoms with van der Waals surface area (Å²) in [7, 11) is 0. The molecule has 0 saturated carbocycles. The summed E-state index contributed by atoms with van der Waals surface area (Å²) in [6.45, 7) is 6.14. The number of fused-ring (bicyclic) bond motifs is 2. The number of benzene rings is 2. The van der Waals surface area contributed by atoms with Crippen LogP contribution in [0.5, 0.6) is 11.5 Å². The Hall–Kier alpha value is -2.86. The fourth-order valence-corrected chi connectivity index (χ4v) is 4.76. The van der Waals surface area contributed by atoms with Crippen molar-refractivity contribution in [3.8, 4) is 11.5 Å². The van der Waals surface area contributed by atoms with E-state index in [1.807, 2.05) is 31.2 Å². The van der Waals surface area contributed by atoms with Crippen LogP contribution in [0.3, 0.4) is 0 Å². The summed E-state index contributed by atoms with van der Waals surface area (Å²) in [4.78, 5) is 29.5. The molecule has 3 heterocycles. The van der Waals surface area contributed by atoms with Gasteiger partial charge < -0.3 is 9.47 Å². The highest BCUT2D eigenvalue weighted by atomic mass is 16.5. The SMILES string of the molecule is Cc1ccc(N2C(=O)C[C@@H](N3CCc4cc5c(cc4[C@H]3C)OCCCO5)C2=O)cc1. The van der Waals surface area contributed by atoms with E-state index < -0.39 is 6.04 Å². The van der Waals surface area contributed by atoms with Gasteiger partial charge in [-0.2, -0.15) is 0 Å². The number of nitrogens with zero attached hydrogens (tertiary/aromatic N) is 2. The maximum absolute atomic E-state index is 13.3. The Morgan fingerprint density at radius 3 is 2.43 bits per heavy atom. The molecule has 0 bridgehead atoms. The lowest BCUT2D eigenvalue weighted by Gasteiger charge is -2.38. The molecule has 0 spiro atoms. The maximum atomic E-state index is 13.3. The van der Waals surface area contributed by atoms with Crippen molar-refractivity contribution in [3.63, 3.8) is 0 Å². The Morgan fingerprint density at radius 1 is 1.00 bits per heavy atom. The lowest BCUT2D eigenvalue weighted by Crippen LogP contribution is -2.46. The van der Waals surface area contributed by atoms with Crippen molar-refractivity contribution in [2.75, 3.05) is 24.7 Å². The van der Waals surface area contributed by atoms with Crippen LogP contribution in [0.4, 0.5) is 5.69 Å². The number of carbonyl (C=O) groups is 2. The summed E-state index contributed by atoms with van der Waals surface area (Å²) in [6.07, 6.45) is 1.91. The van der Waals surface area contributed by atoms with E-state index >= 15 is 0 Å². The second kappa shape index (κ2) is 7.43. The molecule has 3 aliphatic rings. The number of amides is 2. The van der Waals surface area contributed by atoms with E-state index in [4.69, 9.17) is 9.47 Å². The van der Waals surface area contributed by atoms with Crippen LogP contribution in [0.25, 0.3) is 0 Å². The van der Waals surface area contributed by atoms with E-state index in [1.54, 1.807) is 0 Å². The molecule has 3 aliphatic heterocycles. The van der Waals surface area contributed by atoms with Crippen molar-refractivity contribution in [3.05, 3.63) is 53.1 Å². The monoisotopic (exact) mass is 406 g/mol. The van der Waals surface area contributed by atoms with Gasteiger partial charge in [0, 0.05) is 19.0 Å². The highest BCUT2D eigenvalue weighted by Gasteiger charge is 2.45. The predicted octanol–water partition coefficient (Wildman–Crippen LogP) is 3.41. The number of hydrogen-bond donors (Lipinski definition) is 0. The summed E-state index contributed by atoms with van der Waals surface area (Å²) in [5.74, 6) is 1.32. The Bertz CT molecular complexity index is 1000. The molecule has 30 heavy (non-hydrogen) atoms. The van der Waals surface area contributed by atoms with Crippen LogP contribution in [0.2, 0.25) is 0 Å². The molecule has 5 rings (SSSR count). The Labute approximate surface area is 176 Å². The average Bonchev–Trinajstić information content (AvgIpc) is 2.90. The summed E-state index contributed by atoms with van der Waals surface area (Å²) in [6, 6.07) is 11.3. The molecular weight excluding hydrogens is 380 g/mol. The van der Waals surface area contributed by atoms with Gasteiger partial charge in [-0.15, -0.1) is 0 Å². The Balaban J connectivity index is 1.42. The first kappa shape index (κ1) is 19.1. The first-order valence-corrected chi connectivity index (χ1v) is 10.6. The van der Waals surface area contributed by atoms with Gasteiger partial charge in [0.15, 0.2) is 11.5 Å². The third-order valence-corrected chi connectivity index (χ3v) is 6.41. The van der Waals surface area contributed by atoms with Crippen LogP contribution in [0.15, 0.2) is 36.4 Å². The van der Waals surface area contributed by atoms with Gasteiger partial charge in [-0.25, -0.2) is 4.90 Å². The van der Waals surface area contributed by atoms with E-state index in [-0.39, 0.29) is 24.3 Å². The topological polar surface area (TPSA) is 59.1 Å². The van der Waals surface area contributed by atoms with Gasteiger partial charge in [0.25, 0.3) is 5.91 Å². The van der Waals surface area contributed by atoms with Crippen LogP contribution in [-0.2, 0) is 16.0 Å². The molecule has 0 aliphatic carbocycles. The molecule has 1 saturated heterocycles. The van der Waals surface area contributed by atoms with Gasteiger partial charge in [-0.3, -0.25) is 14.5 Å². The number of anilines is 1. The van der Waals surface area contributed by atoms with Crippen molar-refractivity contribution in [1.82, 2.24) is 4.90 Å². The number of rotatable bonds is 2. The zero-order valence-corrected chi connectivity index (χ0v) is 17.4. The second-order valence-corrected chi connectivity index (χ2v) is 8.33. The van der Waals surface area contributed by atoms with Crippen molar-refractivity contribution < 1.29 is 19.1 Å². The zero-order chi connectivity index (χ0) is 20.8. The maximum Gasteiger partial charge on any atom is 0.251 e. The first-order chi connectivity index (χ1) is 14.5. The molecule has 0 radical (unpaired) electrons. The molecule has 2 amide bonds. The van der Waals surface area contributed by atoms with Crippen LogP contribution < -0.4 is 14.4 Å². The van der Waals surface area contributed by atoms with E-state index in [9.17, 15) is 9.59 Å². The predicted molar refractivity (Wildman–Crippen MR) is 113 cm³/mol. The van der Waals surface area contributed by atoms with E-state index in [1.165, 1.54) is 10.5 Å². The van der Waals surface area contributed by atoms with E-state index in [2.05, 4.69) is 24.0 Å². The van der Waals surface area contributed by atoms with Crippen LogP contribution in [0, 0.1) is 6.92 Å². The van der Waals surface area contributed by atoms with Crippen molar-refractivity contribution in [1.29, 1.82) is 0 Å². The second-order valence-electron chi connectivity index (χ2n) is 8.33. The Kier molecular flexibility index (Phi) is 4.74. The van der Waals surface area contributed by atoms with Crippen LogP contribution in [0.1, 0.15) is 42.5 Å². The molecule has 2 aromatic rings. The van der Waals surface area contributed by atoms with Gasteiger partial charge in [0.05, 0.1) is 31.4 Å². The van der Waals surface area contributed by atoms with Crippen molar-refractivity contribution in [2.24, 2.45) is 0 Å². The normalized spacial score (nSPS) is 24.0. The minimum Gasteiger partial charge on any atom is -0.490 e. The third kappa shape index (κ3) is 3.16. The molecule has 156 valence electrons. The van der Waals surface area contributed by atoms with E-state index in [0.717, 1.165) is 42.0 Å². The number of hydrogen-bond acceptors (Lipinski definition) is 5. The molecule has 0 N–H and O–H groups in total. The van der Waals surface area contributed by atoms with Gasteiger partial charge in [-0.05, 0) is 55.7 Å². The molecule has 2 atom stereocenters. The first-order valence-electron chi connectivity index (χ1n) is 10.6. The average molecular weight is 406 g/mol. The summed E-state index contributed by atoms with van der Waals surface area (Å²) >= 11 is 0. The molecule has 6 heteroatoms. The van der Waals surface area contributed by atoms with Crippen molar-refractivity contribution in [2.45, 2.75) is 45.2 Å². The van der Waals surface area contributed by atoms with Gasteiger partial charge in [-0.1, -0.05) is 17.7 Å². The van der Waals surface area contributed by atoms with Crippen LogP contribution in [-0.4, -0.2) is 42.5 Å². The fraction of sp³-hybridized carbons (Fsp3) is 0.417. The quantitative estimate of drug-likeness (QED) is 0.716. The zero-order valence-electron chi connectivity index (χ0n) is 17.4. The number of ether oxygens (including phenoxy) is 2. The van der Waals surface area contributed by atoms with Crippen LogP contribution >= 0.6 is 0 Å². The third-order valence-electron chi connectivity index (χ3n) is 6.41. The minimum atomic E-state index is -0.432. The summed E-state index contributed by atoms with van der Waals surface area (Å²) in [5, 5.41) is 0. The summed E-state index contributed by atoms with van der Waals surface area (Å²) in [5.41, 5.74) is 4.13. The summed E-state index contributed by atoms with van der Waals surface area (Å²) < 4.78 is 11.7. The van der Waals surface area contributed by atoms with Gasteiger partial charge >= 0.3 is 0 Å². The Morgan fingerprint density at radius 2 is 1.70 bits per heavy atom. The number of imide groups is 1. The van der Waals surface area contributed by atoms with Crippen molar-refractivity contribution >= 4 is 17.5 Å². The fourth-order valence-electron chi connectivity index (χ4n) is 4.76. The van der Waals surface area contributed by atoms with E-state index in [0.29, 0.717) is 18.9 Å². The number of carbonyl (C=O) groups excluding carboxylic acids is 2. The molecular formula is C24H26N2O4. The molecule has 0 aromatic heterocycles. The molecule has 6 nitrogen and oxygen atoms in total. The minimum absolute atomic E-state index is 0.0191. The van der Waals surface area contributed by atoms with Gasteiger partial charge in [0.1, 0.15) is 0 Å². The molecule has 1 fully saturated rings. The lowest BCUT2D eigenvalue weighted by molar-refractivity contribution is -0.123. The smallest absolute Gasteiger partial charge is 0.251 e. The highest BCUT2D eigenvalue weighted by Crippen LogP contribution is 2.41. The number of aryl methyl sites for hydroxylation is 1. The standard InChI is InChI=1S/C24H26N2O4/c1-15-4-6-18(7-5-15)26-23(27)14-20(24(26)28)25-9-8-17-12-21-22(13-19(17)16(25)2)30-11-3-10-29-21/h4-7,12-13,16,20H,3,8-11,14H2,1-2H3/t16-,20-/m1/s1. The molecule has 0 unspecified atom stereocenters. The highest BCUT2D eigenvalue weighted by molar-refractivity contribution is 6.22. The lowest BCUT2D eigenvalue weighted by atomic mass is 9.91.